The average molecular weight is 396 g/mol. The second-order valence-electron chi connectivity index (χ2n) is 7.09. The maximum absolute atomic E-state index is 13.5. The number of carbonyl (C=O) groups is 1. The number of aromatic nitrogens is 2. The molecule has 2 aliphatic rings. The molecule has 146 valence electrons. The molecule has 1 amide bonds. The van der Waals surface area contributed by atoms with Crippen molar-refractivity contribution < 1.29 is 14.3 Å². The zero-order valence-corrected chi connectivity index (χ0v) is 15.8. The Labute approximate surface area is 171 Å². The van der Waals surface area contributed by atoms with E-state index in [1.54, 1.807) is 11.1 Å². The van der Waals surface area contributed by atoms with Crippen molar-refractivity contribution in [2.24, 2.45) is 0 Å². The predicted octanol–water partition coefficient (Wildman–Crippen LogP) is 4.13. The molecule has 0 aliphatic carbocycles. The molecule has 0 radical (unpaired) electrons. The number of carbonyl (C=O) groups excluding carboxylic acids is 1. The van der Waals surface area contributed by atoms with Gasteiger partial charge in [0.05, 0.1) is 28.5 Å². The molecule has 0 fully saturated rings. The number of hydrogen-bond donors (Lipinski definition) is 1. The van der Waals surface area contributed by atoms with E-state index in [-0.39, 0.29) is 12.7 Å². The summed E-state index contributed by atoms with van der Waals surface area (Å²) in [5.41, 5.74) is 4.27. The molecule has 0 saturated carbocycles. The standard InChI is InChI=1S/C23H16N4O3/c28-23-15-5-1-2-6-16(15)26-22(19-12-24-17-7-3-4-8-18(17)25-19)27(23)14-9-10-20-21(11-14)30-13-29-20/h1-12,22,26H,13H2/t22-/m1/s1. The van der Waals surface area contributed by atoms with E-state index in [0.29, 0.717) is 28.4 Å². The van der Waals surface area contributed by atoms with Crippen LogP contribution >= 0.6 is 0 Å². The molecule has 0 spiro atoms. The molecule has 30 heavy (non-hydrogen) atoms. The Balaban J connectivity index is 1.52. The molecule has 7 heteroatoms. The first-order chi connectivity index (χ1) is 14.8. The minimum absolute atomic E-state index is 0.122. The van der Waals surface area contributed by atoms with Gasteiger partial charge in [-0.2, -0.15) is 0 Å². The summed E-state index contributed by atoms with van der Waals surface area (Å²) in [6, 6.07) is 20.6. The van der Waals surface area contributed by atoms with Crippen LogP contribution in [0.15, 0.2) is 72.9 Å². The van der Waals surface area contributed by atoms with Gasteiger partial charge in [0.2, 0.25) is 6.79 Å². The first kappa shape index (κ1) is 16.8. The van der Waals surface area contributed by atoms with Gasteiger partial charge in [-0.3, -0.25) is 14.7 Å². The number of para-hydroxylation sites is 3. The number of benzene rings is 3. The van der Waals surface area contributed by atoms with E-state index in [4.69, 9.17) is 14.5 Å². The minimum atomic E-state index is -0.523. The fourth-order valence-corrected chi connectivity index (χ4v) is 3.87. The Bertz CT molecular complexity index is 1310. The highest BCUT2D eigenvalue weighted by Crippen LogP contribution is 2.41. The van der Waals surface area contributed by atoms with E-state index in [0.717, 1.165) is 16.7 Å². The van der Waals surface area contributed by atoms with E-state index >= 15 is 0 Å². The van der Waals surface area contributed by atoms with E-state index in [1.165, 1.54) is 0 Å². The highest BCUT2D eigenvalue weighted by Gasteiger charge is 2.35. The minimum Gasteiger partial charge on any atom is -0.454 e. The molecule has 0 saturated heterocycles. The summed E-state index contributed by atoms with van der Waals surface area (Å²) >= 11 is 0. The van der Waals surface area contributed by atoms with E-state index < -0.39 is 6.17 Å². The van der Waals surface area contributed by atoms with Gasteiger partial charge in [-0.1, -0.05) is 24.3 Å². The summed E-state index contributed by atoms with van der Waals surface area (Å²) < 4.78 is 10.9. The molecule has 1 N–H and O–H groups in total. The lowest BCUT2D eigenvalue weighted by Crippen LogP contribution is -2.43. The van der Waals surface area contributed by atoms with E-state index in [2.05, 4.69) is 10.3 Å². The number of nitrogens with one attached hydrogen (secondary N) is 1. The first-order valence-electron chi connectivity index (χ1n) is 9.58. The van der Waals surface area contributed by atoms with Gasteiger partial charge in [0.15, 0.2) is 17.7 Å². The van der Waals surface area contributed by atoms with Gasteiger partial charge in [0, 0.05) is 11.8 Å². The van der Waals surface area contributed by atoms with Gasteiger partial charge in [0.1, 0.15) is 5.69 Å². The lowest BCUT2D eigenvalue weighted by atomic mass is 10.0. The van der Waals surface area contributed by atoms with Crippen molar-refractivity contribution in [2.75, 3.05) is 17.0 Å². The van der Waals surface area contributed by atoms with Gasteiger partial charge in [-0.15, -0.1) is 0 Å². The number of anilines is 2. The number of amides is 1. The summed E-state index contributed by atoms with van der Waals surface area (Å²) in [6.07, 6.45) is 1.19. The van der Waals surface area contributed by atoms with Crippen LogP contribution in [0.3, 0.4) is 0 Å². The molecular formula is C23H16N4O3. The normalized spacial score (nSPS) is 17.0. The van der Waals surface area contributed by atoms with E-state index in [1.807, 2.05) is 66.7 Å². The number of hydrogen-bond acceptors (Lipinski definition) is 6. The van der Waals surface area contributed by atoms with Gasteiger partial charge >= 0.3 is 0 Å². The quantitative estimate of drug-likeness (QED) is 0.549. The molecule has 4 aromatic rings. The lowest BCUT2D eigenvalue weighted by molar-refractivity contribution is 0.0974. The third kappa shape index (κ3) is 2.56. The zero-order valence-electron chi connectivity index (χ0n) is 15.8. The van der Waals surface area contributed by atoms with Crippen LogP contribution in [0.1, 0.15) is 22.2 Å². The van der Waals surface area contributed by atoms with Crippen LogP contribution in [0.2, 0.25) is 0 Å². The molecule has 7 nitrogen and oxygen atoms in total. The molecule has 0 unspecified atom stereocenters. The van der Waals surface area contributed by atoms with Crippen LogP contribution in [0, 0.1) is 0 Å². The first-order valence-corrected chi connectivity index (χ1v) is 9.58. The summed E-state index contributed by atoms with van der Waals surface area (Å²) in [7, 11) is 0. The lowest BCUT2D eigenvalue weighted by Gasteiger charge is -2.37. The number of rotatable bonds is 2. The average Bonchev–Trinajstić information content (AvgIpc) is 3.26. The Hall–Kier alpha value is -4.13. The van der Waals surface area contributed by atoms with Gasteiger partial charge in [0.25, 0.3) is 5.91 Å². The number of nitrogens with zero attached hydrogens (tertiary/aromatic N) is 3. The van der Waals surface area contributed by atoms with Crippen LogP contribution in [-0.4, -0.2) is 22.7 Å². The Morgan fingerprint density at radius 1 is 0.933 bits per heavy atom. The Kier molecular flexibility index (Phi) is 3.61. The van der Waals surface area contributed by atoms with Crippen molar-refractivity contribution in [1.82, 2.24) is 9.97 Å². The van der Waals surface area contributed by atoms with Crippen molar-refractivity contribution >= 4 is 28.3 Å². The second-order valence-corrected chi connectivity index (χ2v) is 7.09. The van der Waals surface area contributed by atoms with Gasteiger partial charge < -0.3 is 14.8 Å². The molecule has 1 atom stereocenters. The fourth-order valence-electron chi connectivity index (χ4n) is 3.87. The zero-order chi connectivity index (χ0) is 20.1. The smallest absolute Gasteiger partial charge is 0.262 e. The molecule has 1 aromatic heterocycles. The topological polar surface area (TPSA) is 76.6 Å². The van der Waals surface area contributed by atoms with E-state index in [9.17, 15) is 4.79 Å². The summed E-state index contributed by atoms with van der Waals surface area (Å²) in [5, 5.41) is 3.46. The van der Waals surface area contributed by atoms with Crippen LogP contribution < -0.4 is 19.7 Å². The second kappa shape index (κ2) is 6.45. The van der Waals surface area contributed by atoms with Gasteiger partial charge in [-0.25, -0.2) is 4.98 Å². The number of fused-ring (bicyclic) bond motifs is 3. The van der Waals surface area contributed by atoms with Crippen LogP contribution in [0.25, 0.3) is 11.0 Å². The molecule has 0 bridgehead atoms. The molecule has 3 heterocycles. The highest BCUT2D eigenvalue weighted by molar-refractivity contribution is 6.12. The van der Waals surface area contributed by atoms with Crippen molar-refractivity contribution in [3.05, 3.63) is 84.2 Å². The van der Waals surface area contributed by atoms with Crippen molar-refractivity contribution in [3.8, 4) is 11.5 Å². The highest BCUT2D eigenvalue weighted by atomic mass is 16.7. The third-order valence-electron chi connectivity index (χ3n) is 5.31. The third-order valence-corrected chi connectivity index (χ3v) is 5.31. The molecule has 6 rings (SSSR count). The Morgan fingerprint density at radius 3 is 2.67 bits per heavy atom. The van der Waals surface area contributed by atoms with Gasteiger partial charge in [-0.05, 0) is 36.4 Å². The van der Waals surface area contributed by atoms with Crippen LogP contribution in [0.4, 0.5) is 11.4 Å². The largest absolute Gasteiger partial charge is 0.454 e. The summed E-state index contributed by atoms with van der Waals surface area (Å²) in [6.45, 7) is 0.174. The van der Waals surface area contributed by atoms with Crippen molar-refractivity contribution in [1.29, 1.82) is 0 Å². The fraction of sp³-hybridized carbons (Fsp3) is 0.0870. The SMILES string of the molecule is O=C1c2ccccc2N[C@@H](c2cnc3ccccc3n2)N1c1ccc2c(c1)OCO2. The molecule has 2 aliphatic heterocycles. The van der Waals surface area contributed by atoms with Crippen molar-refractivity contribution in [3.63, 3.8) is 0 Å². The van der Waals surface area contributed by atoms with Crippen LogP contribution in [0.5, 0.6) is 11.5 Å². The number of ether oxygens (including phenoxy) is 2. The van der Waals surface area contributed by atoms with Crippen LogP contribution in [-0.2, 0) is 0 Å². The van der Waals surface area contributed by atoms with Crippen molar-refractivity contribution in [2.45, 2.75) is 6.17 Å². The maximum atomic E-state index is 13.5. The Morgan fingerprint density at radius 2 is 1.73 bits per heavy atom. The maximum Gasteiger partial charge on any atom is 0.262 e. The summed E-state index contributed by atoms with van der Waals surface area (Å²) in [5.74, 6) is 1.16. The molecule has 3 aromatic carbocycles. The predicted molar refractivity (Wildman–Crippen MR) is 112 cm³/mol. The summed E-state index contributed by atoms with van der Waals surface area (Å²) in [4.78, 5) is 24.5. The molecular weight excluding hydrogens is 380 g/mol. The monoisotopic (exact) mass is 396 g/mol.